The maximum absolute atomic E-state index is 11.4. The largest absolute Gasteiger partial charge is 0.399 e. The molecular formula is C13H18N2OS. The van der Waals surface area contributed by atoms with Crippen LogP contribution < -0.4 is 11.1 Å². The second-order valence-electron chi connectivity index (χ2n) is 3.64. The van der Waals surface area contributed by atoms with Crippen molar-refractivity contribution in [2.24, 2.45) is 0 Å². The van der Waals surface area contributed by atoms with Gasteiger partial charge in [0.1, 0.15) is 0 Å². The molecule has 3 N–H and O–H groups in total. The molecule has 0 unspecified atom stereocenters. The normalized spacial score (nSPS) is 10.6. The number of nitrogen functional groups attached to an aromatic ring is 1. The summed E-state index contributed by atoms with van der Waals surface area (Å²) in [5.74, 6) is 1.01. The van der Waals surface area contributed by atoms with E-state index in [1.54, 1.807) is 17.8 Å². The summed E-state index contributed by atoms with van der Waals surface area (Å²) in [5.41, 5.74) is 7.28. The second-order valence-corrected chi connectivity index (χ2v) is 4.63. The molecule has 0 spiro atoms. The summed E-state index contributed by atoms with van der Waals surface area (Å²) in [5, 5.41) is 2.83. The van der Waals surface area contributed by atoms with Crippen LogP contribution in [0.5, 0.6) is 0 Å². The van der Waals surface area contributed by atoms with Crippen molar-refractivity contribution in [2.75, 3.05) is 24.3 Å². The summed E-state index contributed by atoms with van der Waals surface area (Å²) in [6, 6.07) is 7.43. The van der Waals surface area contributed by atoms with Crippen molar-refractivity contribution in [3.8, 4) is 0 Å². The molecule has 0 aliphatic rings. The molecule has 4 heteroatoms. The minimum absolute atomic E-state index is 0.0615. The summed E-state index contributed by atoms with van der Waals surface area (Å²) in [7, 11) is 0. The maximum atomic E-state index is 11.4. The Morgan fingerprint density at radius 1 is 1.53 bits per heavy atom. The number of nitrogens with two attached hydrogens (primary N) is 1. The zero-order valence-electron chi connectivity index (χ0n) is 9.98. The molecule has 0 aliphatic heterocycles. The lowest BCUT2D eigenvalue weighted by Crippen LogP contribution is -2.22. The van der Waals surface area contributed by atoms with Crippen molar-refractivity contribution < 1.29 is 4.79 Å². The third-order valence-electron chi connectivity index (χ3n) is 2.16. The van der Waals surface area contributed by atoms with Gasteiger partial charge < -0.3 is 11.1 Å². The first-order valence-corrected chi connectivity index (χ1v) is 6.92. The number of thioether (sulfide) groups is 1. The highest BCUT2D eigenvalue weighted by molar-refractivity contribution is 7.98. The van der Waals surface area contributed by atoms with Crippen molar-refractivity contribution in [2.45, 2.75) is 6.42 Å². The Balaban J connectivity index is 2.35. The van der Waals surface area contributed by atoms with Crippen molar-refractivity contribution in [3.05, 3.63) is 35.9 Å². The van der Waals surface area contributed by atoms with Gasteiger partial charge in [0.25, 0.3) is 0 Å². The molecule has 0 aliphatic carbocycles. The molecule has 17 heavy (non-hydrogen) atoms. The predicted molar refractivity (Wildman–Crippen MR) is 75.9 cm³/mol. The third-order valence-corrected chi connectivity index (χ3v) is 2.86. The first-order chi connectivity index (χ1) is 8.22. The van der Waals surface area contributed by atoms with Crippen LogP contribution in [0.15, 0.2) is 30.3 Å². The summed E-state index contributed by atoms with van der Waals surface area (Å²) in [4.78, 5) is 11.4. The van der Waals surface area contributed by atoms with Gasteiger partial charge in [-0.2, -0.15) is 11.8 Å². The Morgan fingerprint density at radius 3 is 3.06 bits per heavy atom. The molecule has 0 atom stereocenters. The van der Waals surface area contributed by atoms with Crippen LogP contribution in [0.2, 0.25) is 0 Å². The first kappa shape index (κ1) is 13.6. The number of carbonyl (C=O) groups is 1. The van der Waals surface area contributed by atoms with E-state index < -0.39 is 0 Å². The zero-order chi connectivity index (χ0) is 12.5. The fraction of sp³-hybridized carbons (Fsp3) is 0.308. The average molecular weight is 250 g/mol. The van der Waals surface area contributed by atoms with Gasteiger partial charge in [-0.05, 0) is 42.2 Å². The lowest BCUT2D eigenvalue weighted by atomic mass is 10.2. The van der Waals surface area contributed by atoms with Gasteiger partial charge in [0.05, 0.1) is 0 Å². The van der Waals surface area contributed by atoms with E-state index in [0.717, 1.165) is 24.3 Å². The van der Waals surface area contributed by atoms with E-state index in [2.05, 4.69) is 11.6 Å². The third kappa shape index (κ3) is 6.02. The topological polar surface area (TPSA) is 55.1 Å². The smallest absolute Gasteiger partial charge is 0.243 e. The Kier molecular flexibility index (Phi) is 6.25. The van der Waals surface area contributed by atoms with Gasteiger partial charge in [-0.25, -0.2) is 0 Å². The minimum atomic E-state index is -0.0615. The van der Waals surface area contributed by atoms with Crippen LogP contribution in [-0.2, 0) is 4.79 Å². The quantitative estimate of drug-likeness (QED) is 0.462. The molecule has 1 rings (SSSR count). The van der Waals surface area contributed by atoms with Gasteiger partial charge in [-0.15, -0.1) is 0 Å². The molecule has 0 saturated carbocycles. The lowest BCUT2D eigenvalue weighted by molar-refractivity contribution is -0.116. The number of anilines is 1. The summed E-state index contributed by atoms with van der Waals surface area (Å²) < 4.78 is 0. The summed E-state index contributed by atoms with van der Waals surface area (Å²) in [6.07, 6.45) is 6.36. The van der Waals surface area contributed by atoms with Crippen LogP contribution in [0.1, 0.15) is 12.0 Å². The molecule has 1 amide bonds. The van der Waals surface area contributed by atoms with E-state index >= 15 is 0 Å². The highest BCUT2D eigenvalue weighted by Gasteiger charge is 1.94. The molecule has 0 fully saturated rings. The van der Waals surface area contributed by atoms with E-state index in [-0.39, 0.29) is 5.91 Å². The Bertz CT molecular complexity index is 391. The van der Waals surface area contributed by atoms with Crippen LogP contribution >= 0.6 is 11.8 Å². The van der Waals surface area contributed by atoms with Crippen LogP contribution in [0, 0.1) is 0 Å². The fourth-order valence-electron chi connectivity index (χ4n) is 1.32. The molecule has 0 heterocycles. The fourth-order valence-corrected chi connectivity index (χ4v) is 1.75. The highest BCUT2D eigenvalue weighted by atomic mass is 32.2. The van der Waals surface area contributed by atoms with Crippen LogP contribution in [-0.4, -0.2) is 24.5 Å². The van der Waals surface area contributed by atoms with Gasteiger partial charge in [0.15, 0.2) is 0 Å². The monoisotopic (exact) mass is 250 g/mol. The maximum Gasteiger partial charge on any atom is 0.243 e. The standard InChI is InChI=1S/C13H18N2OS/c1-17-9-3-8-15-13(16)7-6-11-4-2-5-12(14)10-11/h2,4-7,10H,3,8-9,14H2,1H3,(H,15,16)/b7-6+. The molecule has 0 radical (unpaired) electrons. The molecule has 92 valence electrons. The van der Waals surface area contributed by atoms with E-state index in [0.29, 0.717) is 5.69 Å². The van der Waals surface area contributed by atoms with Crippen molar-refractivity contribution in [3.63, 3.8) is 0 Å². The van der Waals surface area contributed by atoms with Gasteiger partial charge in [-0.3, -0.25) is 4.79 Å². The van der Waals surface area contributed by atoms with E-state index in [1.165, 1.54) is 6.08 Å². The number of nitrogens with one attached hydrogen (secondary N) is 1. The SMILES string of the molecule is CSCCCNC(=O)/C=C/c1cccc(N)c1. The lowest BCUT2D eigenvalue weighted by Gasteiger charge is -2.00. The molecule has 1 aromatic carbocycles. The van der Waals surface area contributed by atoms with Gasteiger partial charge in [0, 0.05) is 18.3 Å². The number of carbonyl (C=O) groups excluding carboxylic acids is 1. The van der Waals surface area contributed by atoms with Crippen molar-refractivity contribution in [1.29, 1.82) is 0 Å². The minimum Gasteiger partial charge on any atom is -0.399 e. The Hall–Kier alpha value is -1.42. The number of rotatable bonds is 6. The molecule has 3 nitrogen and oxygen atoms in total. The molecule has 0 saturated heterocycles. The molecule has 1 aromatic rings. The van der Waals surface area contributed by atoms with Crippen LogP contribution in [0.3, 0.4) is 0 Å². The number of benzene rings is 1. The zero-order valence-corrected chi connectivity index (χ0v) is 10.8. The Morgan fingerprint density at radius 2 is 2.35 bits per heavy atom. The van der Waals surface area contributed by atoms with E-state index in [9.17, 15) is 4.79 Å². The van der Waals surface area contributed by atoms with Gasteiger partial charge >= 0.3 is 0 Å². The predicted octanol–water partition coefficient (Wildman–Crippen LogP) is 2.15. The van der Waals surface area contributed by atoms with E-state index in [1.807, 2.05) is 24.3 Å². The number of hydrogen-bond donors (Lipinski definition) is 2. The number of hydrogen-bond acceptors (Lipinski definition) is 3. The molecule has 0 bridgehead atoms. The van der Waals surface area contributed by atoms with Gasteiger partial charge in [-0.1, -0.05) is 12.1 Å². The van der Waals surface area contributed by atoms with Crippen LogP contribution in [0.4, 0.5) is 5.69 Å². The summed E-state index contributed by atoms with van der Waals surface area (Å²) >= 11 is 1.78. The Labute approximate surface area is 106 Å². The average Bonchev–Trinajstić information content (AvgIpc) is 2.32. The van der Waals surface area contributed by atoms with Gasteiger partial charge in [0.2, 0.25) is 5.91 Å². The summed E-state index contributed by atoms with van der Waals surface area (Å²) in [6.45, 7) is 0.723. The highest BCUT2D eigenvalue weighted by Crippen LogP contribution is 2.07. The van der Waals surface area contributed by atoms with Crippen molar-refractivity contribution >= 4 is 29.4 Å². The van der Waals surface area contributed by atoms with Crippen molar-refractivity contribution in [1.82, 2.24) is 5.32 Å². The van der Waals surface area contributed by atoms with Crippen LogP contribution in [0.25, 0.3) is 6.08 Å². The number of amides is 1. The first-order valence-electron chi connectivity index (χ1n) is 5.53. The molecule has 0 aromatic heterocycles. The molecular weight excluding hydrogens is 232 g/mol. The van der Waals surface area contributed by atoms with E-state index in [4.69, 9.17) is 5.73 Å². The second kappa shape index (κ2) is 7.79.